The third-order valence-electron chi connectivity index (χ3n) is 5.49. The van der Waals surface area contributed by atoms with E-state index in [1.807, 2.05) is 30.3 Å². The summed E-state index contributed by atoms with van der Waals surface area (Å²) in [7, 11) is 1.57. The Morgan fingerprint density at radius 1 is 0.853 bits per heavy atom. The minimum Gasteiger partial charge on any atom is -0.497 e. The minimum absolute atomic E-state index is 0.171. The van der Waals surface area contributed by atoms with Crippen LogP contribution in [0.25, 0.3) is 5.57 Å². The fraction of sp³-hybridized carbons (Fsp3) is 0.148. The fourth-order valence-corrected chi connectivity index (χ4v) is 3.79. The highest BCUT2D eigenvalue weighted by Gasteiger charge is 2.39. The molecule has 3 aromatic rings. The molecule has 1 heterocycles. The fourth-order valence-electron chi connectivity index (χ4n) is 3.79. The molecule has 0 saturated carbocycles. The number of nitrogens with one attached hydrogen (secondary N) is 2. The average Bonchev–Trinajstić information content (AvgIpc) is 3.08. The first-order chi connectivity index (χ1) is 16.5. The van der Waals surface area contributed by atoms with Gasteiger partial charge in [-0.15, -0.1) is 0 Å². The monoisotopic (exact) mass is 455 g/mol. The van der Waals surface area contributed by atoms with Gasteiger partial charge in [0.15, 0.2) is 0 Å². The largest absolute Gasteiger partial charge is 0.497 e. The van der Waals surface area contributed by atoms with Crippen molar-refractivity contribution in [1.29, 1.82) is 0 Å². The number of imide groups is 1. The molecule has 0 saturated heterocycles. The number of carbonyl (C=O) groups is 3. The van der Waals surface area contributed by atoms with Gasteiger partial charge < -0.3 is 15.4 Å². The lowest BCUT2D eigenvalue weighted by atomic mass is 10.0. The van der Waals surface area contributed by atoms with Crippen LogP contribution in [-0.4, -0.2) is 36.3 Å². The Bertz CT molecular complexity index is 1230. The Morgan fingerprint density at radius 2 is 1.50 bits per heavy atom. The van der Waals surface area contributed by atoms with Crippen LogP contribution < -0.4 is 15.4 Å². The molecule has 1 aliphatic heterocycles. The van der Waals surface area contributed by atoms with Gasteiger partial charge >= 0.3 is 0 Å². The molecule has 3 amide bonds. The molecular formula is C27H25N3O4. The summed E-state index contributed by atoms with van der Waals surface area (Å²) in [6.45, 7) is 1.71. The molecule has 3 aromatic carbocycles. The zero-order chi connectivity index (χ0) is 24.1. The van der Waals surface area contributed by atoms with Crippen LogP contribution in [0.5, 0.6) is 5.75 Å². The number of ether oxygens (including phenoxy) is 1. The van der Waals surface area contributed by atoms with Crippen molar-refractivity contribution in [2.45, 2.75) is 13.3 Å². The first-order valence-electron chi connectivity index (χ1n) is 10.9. The maximum absolute atomic E-state index is 13.4. The van der Waals surface area contributed by atoms with E-state index in [9.17, 15) is 14.4 Å². The van der Waals surface area contributed by atoms with Crippen LogP contribution in [0.15, 0.2) is 84.6 Å². The van der Waals surface area contributed by atoms with Gasteiger partial charge in [-0.25, -0.2) is 0 Å². The summed E-state index contributed by atoms with van der Waals surface area (Å²) in [4.78, 5) is 39.3. The highest BCUT2D eigenvalue weighted by molar-refractivity contribution is 6.36. The van der Waals surface area contributed by atoms with E-state index in [1.165, 1.54) is 11.8 Å². The third-order valence-corrected chi connectivity index (χ3v) is 5.49. The van der Waals surface area contributed by atoms with Gasteiger partial charge in [0.2, 0.25) is 5.91 Å². The summed E-state index contributed by atoms with van der Waals surface area (Å²) in [5.74, 6) is -0.234. The standard InChI is InChI=1S/C27H25N3O4/c1-18(31)28-21-10-12-22(13-11-21)29-25-24(20-8-14-23(34-2)15-9-20)26(32)30(27(25)33)17-16-19-6-4-3-5-7-19/h3-15,29H,16-17H2,1-2H3,(H,28,31). The average molecular weight is 456 g/mol. The summed E-state index contributed by atoms with van der Waals surface area (Å²) in [6.07, 6.45) is 0.562. The van der Waals surface area contributed by atoms with Crippen LogP contribution in [0.4, 0.5) is 11.4 Å². The Labute approximate surface area is 198 Å². The molecule has 34 heavy (non-hydrogen) atoms. The van der Waals surface area contributed by atoms with E-state index in [1.54, 1.807) is 55.6 Å². The number of rotatable bonds is 8. The lowest BCUT2D eigenvalue weighted by molar-refractivity contribution is -0.136. The van der Waals surface area contributed by atoms with Crippen LogP contribution in [0.1, 0.15) is 18.1 Å². The first kappa shape index (κ1) is 22.8. The zero-order valence-electron chi connectivity index (χ0n) is 19.0. The SMILES string of the molecule is COc1ccc(C2=C(Nc3ccc(NC(C)=O)cc3)C(=O)N(CCc3ccccc3)C2=O)cc1. The van der Waals surface area contributed by atoms with E-state index in [0.717, 1.165) is 5.56 Å². The molecule has 0 radical (unpaired) electrons. The molecule has 0 bridgehead atoms. The van der Waals surface area contributed by atoms with Crippen molar-refractivity contribution in [1.82, 2.24) is 4.90 Å². The maximum atomic E-state index is 13.4. The number of carbonyl (C=O) groups excluding carboxylic acids is 3. The number of amides is 3. The minimum atomic E-state index is -0.377. The van der Waals surface area contributed by atoms with E-state index in [2.05, 4.69) is 10.6 Å². The maximum Gasteiger partial charge on any atom is 0.278 e. The molecule has 0 aromatic heterocycles. The smallest absolute Gasteiger partial charge is 0.278 e. The Morgan fingerprint density at radius 3 is 2.12 bits per heavy atom. The van der Waals surface area contributed by atoms with E-state index in [-0.39, 0.29) is 30.0 Å². The van der Waals surface area contributed by atoms with Gasteiger partial charge in [-0.3, -0.25) is 19.3 Å². The summed E-state index contributed by atoms with van der Waals surface area (Å²) in [5.41, 5.74) is 3.46. The Kier molecular flexibility index (Phi) is 6.73. The van der Waals surface area contributed by atoms with Crippen LogP contribution in [0, 0.1) is 0 Å². The summed E-state index contributed by atoms with van der Waals surface area (Å²) in [5, 5.41) is 5.84. The summed E-state index contributed by atoms with van der Waals surface area (Å²) >= 11 is 0. The van der Waals surface area contributed by atoms with Gasteiger partial charge in [0.1, 0.15) is 11.4 Å². The van der Waals surface area contributed by atoms with Gasteiger partial charge in [0, 0.05) is 24.8 Å². The first-order valence-corrected chi connectivity index (χ1v) is 10.9. The quantitative estimate of drug-likeness (QED) is 0.500. The lowest BCUT2D eigenvalue weighted by Crippen LogP contribution is -2.34. The van der Waals surface area contributed by atoms with Crippen molar-refractivity contribution in [3.8, 4) is 5.75 Å². The number of benzene rings is 3. The molecule has 4 rings (SSSR count). The predicted octanol–water partition coefficient (Wildman–Crippen LogP) is 4.09. The molecule has 172 valence electrons. The lowest BCUT2D eigenvalue weighted by Gasteiger charge is -2.15. The van der Waals surface area contributed by atoms with Crippen LogP contribution >= 0.6 is 0 Å². The van der Waals surface area contributed by atoms with Crippen molar-refractivity contribution in [2.24, 2.45) is 0 Å². The second-order valence-corrected chi connectivity index (χ2v) is 7.86. The van der Waals surface area contributed by atoms with Gasteiger partial charge in [0.05, 0.1) is 12.7 Å². The highest BCUT2D eigenvalue weighted by atomic mass is 16.5. The molecule has 7 heteroatoms. The number of hydrogen-bond donors (Lipinski definition) is 2. The number of anilines is 2. The summed E-state index contributed by atoms with van der Waals surface area (Å²) < 4.78 is 5.23. The number of nitrogens with zero attached hydrogens (tertiary/aromatic N) is 1. The van der Waals surface area contributed by atoms with Crippen LogP contribution in [-0.2, 0) is 20.8 Å². The highest BCUT2D eigenvalue weighted by Crippen LogP contribution is 2.31. The van der Waals surface area contributed by atoms with Crippen molar-refractivity contribution in [3.05, 3.63) is 95.7 Å². The van der Waals surface area contributed by atoms with Crippen molar-refractivity contribution in [3.63, 3.8) is 0 Å². The second-order valence-electron chi connectivity index (χ2n) is 7.86. The van der Waals surface area contributed by atoms with Gasteiger partial charge in [0.25, 0.3) is 11.8 Å². The van der Waals surface area contributed by atoms with Gasteiger partial charge in [-0.2, -0.15) is 0 Å². The molecule has 7 nitrogen and oxygen atoms in total. The molecule has 0 aliphatic carbocycles. The van der Waals surface area contributed by atoms with Crippen LogP contribution in [0.3, 0.4) is 0 Å². The van der Waals surface area contributed by atoms with E-state index in [4.69, 9.17) is 4.74 Å². The zero-order valence-corrected chi connectivity index (χ0v) is 19.0. The van der Waals surface area contributed by atoms with E-state index < -0.39 is 0 Å². The summed E-state index contributed by atoms with van der Waals surface area (Å²) in [6, 6.07) is 23.7. The predicted molar refractivity (Wildman–Crippen MR) is 131 cm³/mol. The normalized spacial score (nSPS) is 13.3. The molecule has 0 atom stereocenters. The molecule has 1 aliphatic rings. The topological polar surface area (TPSA) is 87.7 Å². The second kappa shape index (κ2) is 10.0. The van der Waals surface area contributed by atoms with Gasteiger partial charge in [-0.1, -0.05) is 42.5 Å². The molecule has 0 unspecified atom stereocenters. The number of hydrogen-bond acceptors (Lipinski definition) is 5. The Hall–Kier alpha value is -4.39. The van der Waals surface area contributed by atoms with Crippen LogP contribution in [0.2, 0.25) is 0 Å². The van der Waals surface area contributed by atoms with Crippen molar-refractivity contribution in [2.75, 3.05) is 24.3 Å². The van der Waals surface area contributed by atoms with Crippen molar-refractivity contribution >= 4 is 34.7 Å². The van der Waals surface area contributed by atoms with Gasteiger partial charge in [-0.05, 0) is 53.9 Å². The van der Waals surface area contributed by atoms with E-state index >= 15 is 0 Å². The molecule has 2 N–H and O–H groups in total. The van der Waals surface area contributed by atoms with E-state index in [0.29, 0.717) is 34.7 Å². The Balaban J connectivity index is 1.63. The third kappa shape index (κ3) is 4.99. The number of methoxy groups -OCH3 is 1. The molecule has 0 fully saturated rings. The van der Waals surface area contributed by atoms with Crippen molar-refractivity contribution < 1.29 is 19.1 Å². The molecule has 0 spiro atoms. The molecular weight excluding hydrogens is 430 g/mol.